The highest BCUT2D eigenvalue weighted by atomic mass is 16.5. The Balaban J connectivity index is 1.43. The van der Waals surface area contributed by atoms with Gasteiger partial charge in [0.25, 0.3) is 0 Å². The number of hydrogen-bond acceptors (Lipinski definition) is 8. The largest absolute Gasteiger partial charge is 0.466 e. The van der Waals surface area contributed by atoms with E-state index in [0.29, 0.717) is 38.3 Å². The maximum Gasteiger partial charge on any atom is 0.309 e. The van der Waals surface area contributed by atoms with Crippen LogP contribution in [-0.2, 0) is 41.8 Å². The molecular formula is C62H102O8. The first-order valence-corrected chi connectivity index (χ1v) is 29.2. The molecule has 0 radical (unpaired) electrons. The van der Waals surface area contributed by atoms with Crippen molar-refractivity contribution in [2.75, 3.05) is 39.6 Å². The molecule has 4 rings (SSSR count). The van der Waals surface area contributed by atoms with Gasteiger partial charge in [0.2, 0.25) is 0 Å². The van der Waals surface area contributed by atoms with Crippen molar-refractivity contribution in [2.45, 2.75) is 233 Å². The molecule has 2 aromatic rings. The minimum Gasteiger partial charge on any atom is -0.466 e. The minimum absolute atomic E-state index is 0.00723. The molecule has 0 aliphatic heterocycles. The Labute approximate surface area is 427 Å². The molecule has 2 aliphatic rings. The molecule has 2 fully saturated rings. The molecule has 2 aliphatic carbocycles. The summed E-state index contributed by atoms with van der Waals surface area (Å²) in [6.45, 7) is 8.24. The Kier molecular flexibility index (Phi) is 31.6. The number of benzene rings is 2. The quantitative estimate of drug-likeness (QED) is 0.0498. The van der Waals surface area contributed by atoms with E-state index in [-0.39, 0.29) is 47.8 Å². The van der Waals surface area contributed by atoms with E-state index in [4.69, 9.17) is 18.9 Å². The van der Waals surface area contributed by atoms with E-state index in [1.165, 1.54) is 107 Å². The zero-order chi connectivity index (χ0) is 49.8. The van der Waals surface area contributed by atoms with Gasteiger partial charge in [0.05, 0.1) is 38.3 Å². The maximum atomic E-state index is 14.3. The van der Waals surface area contributed by atoms with Crippen molar-refractivity contribution in [3.05, 3.63) is 71.8 Å². The van der Waals surface area contributed by atoms with Gasteiger partial charge in [-0.05, 0) is 105 Å². The predicted octanol–water partition coefficient (Wildman–Crippen LogP) is 15.5. The van der Waals surface area contributed by atoms with Gasteiger partial charge in [0.15, 0.2) is 0 Å². The highest BCUT2D eigenvalue weighted by Gasteiger charge is 2.70. The van der Waals surface area contributed by atoms with Crippen LogP contribution in [-0.4, -0.2) is 61.8 Å². The van der Waals surface area contributed by atoms with Crippen molar-refractivity contribution in [3.8, 4) is 0 Å². The van der Waals surface area contributed by atoms with Crippen LogP contribution in [0.4, 0.5) is 0 Å². The maximum absolute atomic E-state index is 14.3. The molecule has 2 saturated carbocycles. The van der Waals surface area contributed by atoms with E-state index >= 15 is 0 Å². The summed E-state index contributed by atoms with van der Waals surface area (Å²) >= 11 is 0. The van der Waals surface area contributed by atoms with Crippen molar-refractivity contribution in [2.24, 2.45) is 34.5 Å². The van der Waals surface area contributed by atoms with Crippen LogP contribution < -0.4 is 0 Å². The van der Waals surface area contributed by atoms with Gasteiger partial charge >= 0.3 is 11.9 Å². The second-order valence-corrected chi connectivity index (χ2v) is 21.6. The molecule has 70 heavy (non-hydrogen) atoms. The summed E-state index contributed by atoms with van der Waals surface area (Å²) in [7, 11) is 0. The van der Waals surface area contributed by atoms with Gasteiger partial charge in [-0.1, -0.05) is 208 Å². The molecule has 398 valence electrons. The second kappa shape index (κ2) is 37.0. The third-order valence-electron chi connectivity index (χ3n) is 16.2. The number of rotatable bonds is 47. The number of hydrogen-bond donors (Lipinski definition) is 2. The number of aliphatic hydroxyl groups is 2. The van der Waals surface area contributed by atoms with E-state index in [1.807, 2.05) is 26.0 Å². The zero-order valence-corrected chi connectivity index (χ0v) is 44.7. The van der Waals surface area contributed by atoms with E-state index < -0.39 is 0 Å². The fourth-order valence-electron chi connectivity index (χ4n) is 12.2. The third kappa shape index (κ3) is 23.0. The topological polar surface area (TPSA) is 112 Å². The van der Waals surface area contributed by atoms with Crippen LogP contribution in [0, 0.1) is 34.5 Å². The van der Waals surface area contributed by atoms with Crippen LogP contribution in [0.15, 0.2) is 60.7 Å². The zero-order valence-electron chi connectivity index (χ0n) is 44.7. The van der Waals surface area contributed by atoms with E-state index in [1.54, 1.807) is 0 Å². The SMILES string of the molecule is CCOC(=O)C1CC1(CCCCCCCCCOCc1ccccc1)CC(CCCCCCCOCc1ccccc1)C1C(C(=O)OCC)C1(CCCCCCCCCO)CCCCCCCCCO. The van der Waals surface area contributed by atoms with Crippen LogP contribution >= 0.6 is 0 Å². The molecule has 0 spiro atoms. The summed E-state index contributed by atoms with van der Waals surface area (Å²) < 4.78 is 23.7. The van der Waals surface area contributed by atoms with Crippen LogP contribution in [0.1, 0.15) is 230 Å². The second-order valence-electron chi connectivity index (χ2n) is 21.6. The molecular weight excluding hydrogens is 873 g/mol. The lowest BCUT2D eigenvalue weighted by Gasteiger charge is -2.28. The molecule has 8 heteroatoms. The van der Waals surface area contributed by atoms with Gasteiger partial charge in [0, 0.05) is 26.4 Å². The van der Waals surface area contributed by atoms with Crippen LogP contribution in [0.3, 0.4) is 0 Å². The van der Waals surface area contributed by atoms with Crippen molar-refractivity contribution in [1.29, 1.82) is 0 Å². The van der Waals surface area contributed by atoms with Gasteiger partial charge < -0.3 is 29.2 Å². The molecule has 5 unspecified atom stereocenters. The molecule has 0 saturated heterocycles. The number of carbonyl (C=O) groups is 2. The number of ether oxygens (including phenoxy) is 4. The summed E-state index contributed by atoms with van der Waals surface area (Å²) in [6.07, 6.45) is 36.2. The molecule has 0 heterocycles. The average molecular weight is 975 g/mol. The summed E-state index contributed by atoms with van der Waals surface area (Å²) in [6, 6.07) is 20.8. The van der Waals surface area contributed by atoms with E-state index in [2.05, 4.69) is 48.5 Å². The Morgan fingerprint density at radius 3 is 1.37 bits per heavy atom. The van der Waals surface area contributed by atoms with Crippen LogP contribution in [0.5, 0.6) is 0 Å². The van der Waals surface area contributed by atoms with Crippen molar-refractivity contribution in [1.82, 2.24) is 0 Å². The Hall–Kier alpha value is -2.78. The summed E-state index contributed by atoms with van der Waals surface area (Å²) in [5, 5.41) is 18.6. The summed E-state index contributed by atoms with van der Waals surface area (Å²) in [5.74, 6) is 0.595. The normalized spacial score (nSPS) is 19.5. The van der Waals surface area contributed by atoms with E-state index in [9.17, 15) is 19.8 Å². The lowest BCUT2D eigenvalue weighted by Crippen LogP contribution is -2.21. The first kappa shape index (κ1) is 59.8. The van der Waals surface area contributed by atoms with E-state index in [0.717, 1.165) is 122 Å². The summed E-state index contributed by atoms with van der Waals surface area (Å²) in [4.78, 5) is 28.0. The first-order valence-electron chi connectivity index (χ1n) is 29.2. The van der Waals surface area contributed by atoms with Crippen molar-refractivity contribution < 1.29 is 38.7 Å². The molecule has 2 aromatic carbocycles. The smallest absolute Gasteiger partial charge is 0.309 e. The lowest BCUT2D eigenvalue weighted by atomic mass is 9.77. The van der Waals surface area contributed by atoms with Crippen LogP contribution in [0.2, 0.25) is 0 Å². The van der Waals surface area contributed by atoms with Gasteiger partial charge in [0.1, 0.15) is 0 Å². The Bertz CT molecular complexity index is 1560. The lowest BCUT2D eigenvalue weighted by molar-refractivity contribution is -0.147. The predicted molar refractivity (Wildman–Crippen MR) is 286 cm³/mol. The number of carbonyl (C=O) groups excluding carboxylic acids is 2. The highest BCUT2D eigenvalue weighted by Crippen LogP contribution is 2.72. The Morgan fingerprint density at radius 1 is 0.514 bits per heavy atom. The minimum atomic E-state index is -0.0612. The fraction of sp³-hybridized carbons (Fsp3) is 0.774. The Morgan fingerprint density at radius 2 is 0.914 bits per heavy atom. The van der Waals surface area contributed by atoms with Gasteiger partial charge in [-0.2, -0.15) is 0 Å². The van der Waals surface area contributed by atoms with Crippen LogP contribution in [0.25, 0.3) is 0 Å². The number of aliphatic hydroxyl groups excluding tert-OH is 2. The van der Waals surface area contributed by atoms with Gasteiger partial charge in [-0.15, -0.1) is 0 Å². The average Bonchev–Trinajstić information content (AvgIpc) is 4.27. The third-order valence-corrected chi connectivity index (χ3v) is 16.2. The molecule has 8 nitrogen and oxygen atoms in total. The number of unbranched alkanes of at least 4 members (excludes halogenated alkanes) is 22. The van der Waals surface area contributed by atoms with Crippen molar-refractivity contribution in [3.63, 3.8) is 0 Å². The van der Waals surface area contributed by atoms with Gasteiger partial charge in [-0.3, -0.25) is 9.59 Å². The molecule has 0 amide bonds. The standard InChI is InChI=1S/C62H102O8/c1-3-69-59(65)56-50-61(56,42-30-16-8-7-13-21-35-47-67-51-53-37-25-23-26-38-53)49-55(41-29-15-14-22-36-48-68-52-54-39-27-24-28-40-54)57-58(60(66)70-4-2)62(57,43-31-17-9-5-11-19-33-45-63)44-32-18-10-6-12-20-34-46-64/h23-28,37-40,55-58,63-64H,3-22,29-36,41-52H2,1-2H3. The first-order chi connectivity index (χ1) is 34.4. The van der Waals surface area contributed by atoms with Crippen molar-refractivity contribution >= 4 is 11.9 Å². The monoisotopic (exact) mass is 975 g/mol. The van der Waals surface area contributed by atoms with Gasteiger partial charge in [-0.25, -0.2) is 0 Å². The molecule has 2 N–H and O–H groups in total. The molecule has 5 atom stereocenters. The molecule has 0 bridgehead atoms. The summed E-state index contributed by atoms with van der Waals surface area (Å²) in [5.41, 5.74) is 2.37. The highest BCUT2D eigenvalue weighted by molar-refractivity contribution is 5.78. The molecule has 0 aromatic heterocycles. The fourth-order valence-corrected chi connectivity index (χ4v) is 12.2. The number of esters is 2.